The first-order chi connectivity index (χ1) is 9.40. The number of rotatable bonds is 3. The summed E-state index contributed by atoms with van der Waals surface area (Å²) in [6.45, 7) is 1.81. The zero-order valence-electron chi connectivity index (χ0n) is 11.4. The lowest BCUT2D eigenvalue weighted by Crippen LogP contribution is -2.30. The molecule has 1 aromatic heterocycles. The molecule has 7 heteroatoms. The zero-order valence-corrected chi connectivity index (χ0v) is 13.0. The van der Waals surface area contributed by atoms with Crippen LogP contribution in [-0.4, -0.2) is 27.7 Å². The number of nitrogens with zero attached hydrogens (tertiary/aromatic N) is 4. The van der Waals surface area contributed by atoms with Crippen molar-refractivity contribution in [2.75, 3.05) is 11.9 Å². The lowest BCUT2D eigenvalue weighted by molar-refractivity contribution is -0.117. The molecule has 0 saturated carbocycles. The molecule has 1 heterocycles. The molecule has 0 aliphatic carbocycles. The largest absolute Gasteiger partial charge is 0.300 e. The van der Waals surface area contributed by atoms with E-state index in [1.165, 1.54) is 17.0 Å². The molecule has 0 N–H and O–H groups in total. The lowest BCUT2D eigenvalue weighted by atomic mass is 10.1. The van der Waals surface area contributed by atoms with Crippen LogP contribution in [0.5, 0.6) is 0 Å². The second kappa shape index (κ2) is 5.70. The maximum atomic E-state index is 13.0. The molecule has 0 radical (unpaired) electrons. The van der Waals surface area contributed by atoms with Crippen molar-refractivity contribution in [2.24, 2.45) is 7.05 Å². The van der Waals surface area contributed by atoms with Crippen LogP contribution in [0.1, 0.15) is 11.4 Å². The monoisotopic (exact) mass is 340 g/mol. The first-order valence-electron chi connectivity index (χ1n) is 5.96. The summed E-state index contributed by atoms with van der Waals surface area (Å²) < 4.78 is 15.3. The molecule has 0 aliphatic rings. The minimum atomic E-state index is -0.342. The number of carbonyl (C=O) groups is 1. The van der Waals surface area contributed by atoms with Crippen molar-refractivity contribution >= 4 is 27.8 Å². The number of aromatic nitrogens is 3. The van der Waals surface area contributed by atoms with Crippen molar-refractivity contribution in [1.29, 1.82) is 0 Å². The Bertz CT molecular complexity index is 656. The van der Waals surface area contributed by atoms with Gasteiger partial charge in [0.1, 0.15) is 11.6 Å². The van der Waals surface area contributed by atoms with Crippen molar-refractivity contribution in [2.45, 2.75) is 13.3 Å². The number of hydrogen-bond acceptors (Lipinski definition) is 3. The number of benzene rings is 1. The summed E-state index contributed by atoms with van der Waals surface area (Å²) >= 11 is 3.26. The average Bonchev–Trinajstić information content (AvgIpc) is 2.72. The Balaban J connectivity index is 2.17. The molecule has 2 aromatic rings. The summed E-state index contributed by atoms with van der Waals surface area (Å²) in [6, 6.07) is 4.27. The molecule has 1 aromatic carbocycles. The van der Waals surface area contributed by atoms with Crippen LogP contribution in [-0.2, 0) is 18.3 Å². The Hall–Kier alpha value is -1.76. The molecular weight excluding hydrogens is 327 g/mol. The zero-order chi connectivity index (χ0) is 14.9. The molecule has 0 spiro atoms. The van der Waals surface area contributed by atoms with E-state index in [4.69, 9.17) is 0 Å². The number of aryl methyl sites for hydroxylation is 1. The molecule has 0 bridgehead atoms. The fraction of sp³-hybridized carbons (Fsp3) is 0.308. The number of hydrogen-bond donors (Lipinski definition) is 0. The number of carbonyl (C=O) groups excluding carboxylic acids is 1. The molecule has 0 unspecified atom stereocenters. The summed E-state index contributed by atoms with van der Waals surface area (Å²) in [7, 11) is 3.44. The van der Waals surface area contributed by atoms with Crippen molar-refractivity contribution < 1.29 is 9.18 Å². The standard InChI is InChI=1S/C13H14BrFN4O/c1-8-16-17-13(18(8)2)19(3)12(20)6-9-4-5-10(15)7-11(9)14/h4-5,7H,6H2,1-3H3. The van der Waals surface area contributed by atoms with Gasteiger partial charge in [0.25, 0.3) is 0 Å². The van der Waals surface area contributed by atoms with Gasteiger partial charge in [-0.25, -0.2) is 4.39 Å². The maximum absolute atomic E-state index is 13.0. The molecule has 0 atom stereocenters. The second-order valence-corrected chi connectivity index (χ2v) is 5.33. The van der Waals surface area contributed by atoms with E-state index < -0.39 is 0 Å². The third kappa shape index (κ3) is 2.87. The summed E-state index contributed by atoms with van der Waals surface area (Å²) in [6.07, 6.45) is 0.156. The van der Waals surface area contributed by atoms with Gasteiger partial charge in [0, 0.05) is 18.6 Å². The Morgan fingerprint density at radius 2 is 2.15 bits per heavy atom. The summed E-state index contributed by atoms with van der Waals surface area (Å²) in [5.74, 6) is 0.714. The van der Waals surface area contributed by atoms with Crippen LogP contribution in [0.25, 0.3) is 0 Å². The second-order valence-electron chi connectivity index (χ2n) is 4.47. The van der Waals surface area contributed by atoms with Crippen molar-refractivity contribution in [3.8, 4) is 0 Å². The molecule has 1 amide bonds. The first-order valence-corrected chi connectivity index (χ1v) is 6.76. The van der Waals surface area contributed by atoms with E-state index in [0.717, 1.165) is 11.4 Å². The smallest absolute Gasteiger partial charge is 0.233 e. The highest BCUT2D eigenvalue weighted by Crippen LogP contribution is 2.20. The van der Waals surface area contributed by atoms with Crippen LogP contribution in [0.15, 0.2) is 22.7 Å². The van der Waals surface area contributed by atoms with Gasteiger partial charge in [-0.2, -0.15) is 0 Å². The van der Waals surface area contributed by atoms with Gasteiger partial charge in [0.05, 0.1) is 6.42 Å². The third-order valence-corrected chi connectivity index (χ3v) is 3.84. The van der Waals surface area contributed by atoms with Gasteiger partial charge < -0.3 is 4.57 Å². The molecule has 2 rings (SSSR count). The average molecular weight is 341 g/mol. The molecule has 5 nitrogen and oxygen atoms in total. The molecular formula is C13H14BrFN4O. The van der Waals surface area contributed by atoms with Crippen LogP contribution in [0, 0.1) is 12.7 Å². The lowest BCUT2D eigenvalue weighted by Gasteiger charge is -2.16. The molecule has 20 heavy (non-hydrogen) atoms. The fourth-order valence-corrected chi connectivity index (χ4v) is 2.24. The third-order valence-electron chi connectivity index (χ3n) is 3.10. The highest BCUT2D eigenvalue weighted by molar-refractivity contribution is 9.10. The van der Waals surface area contributed by atoms with Crippen LogP contribution in [0.4, 0.5) is 10.3 Å². The SMILES string of the molecule is Cc1nnc(N(C)C(=O)Cc2ccc(F)cc2Br)n1C. The van der Waals surface area contributed by atoms with Gasteiger partial charge in [0.15, 0.2) is 0 Å². The summed E-state index contributed by atoms with van der Waals surface area (Å²) in [5.41, 5.74) is 0.724. The Morgan fingerprint density at radius 3 is 2.70 bits per heavy atom. The highest BCUT2D eigenvalue weighted by atomic mass is 79.9. The highest BCUT2D eigenvalue weighted by Gasteiger charge is 2.18. The predicted molar refractivity (Wildman–Crippen MR) is 77.0 cm³/mol. The van der Waals surface area contributed by atoms with E-state index in [9.17, 15) is 9.18 Å². The molecule has 106 valence electrons. The molecule has 0 fully saturated rings. The van der Waals surface area contributed by atoms with Gasteiger partial charge in [-0.05, 0) is 24.6 Å². The van der Waals surface area contributed by atoms with E-state index in [-0.39, 0.29) is 18.1 Å². The van der Waals surface area contributed by atoms with E-state index in [1.54, 1.807) is 24.7 Å². The van der Waals surface area contributed by atoms with Gasteiger partial charge in [0.2, 0.25) is 11.9 Å². The molecule has 0 saturated heterocycles. The predicted octanol–water partition coefficient (Wildman–Crippen LogP) is 2.23. The summed E-state index contributed by atoms with van der Waals surface area (Å²) in [5, 5.41) is 7.88. The van der Waals surface area contributed by atoms with E-state index >= 15 is 0 Å². The Labute approximate surface area is 124 Å². The number of halogens is 2. The number of likely N-dealkylation sites (N-methyl/N-ethyl adjacent to an activating group) is 1. The van der Waals surface area contributed by atoms with Crippen LogP contribution in [0.3, 0.4) is 0 Å². The van der Waals surface area contributed by atoms with Gasteiger partial charge >= 0.3 is 0 Å². The molecule has 0 aliphatic heterocycles. The topological polar surface area (TPSA) is 51.0 Å². The van der Waals surface area contributed by atoms with E-state index in [1.807, 2.05) is 6.92 Å². The minimum Gasteiger partial charge on any atom is -0.300 e. The fourth-order valence-electron chi connectivity index (χ4n) is 1.75. The van der Waals surface area contributed by atoms with Crippen molar-refractivity contribution in [3.05, 3.63) is 39.9 Å². The first kappa shape index (κ1) is 14.6. The minimum absolute atomic E-state index is 0.146. The maximum Gasteiger partial charge on any atom is 0.233 e. The van der Waals surface area contributed by atoms with Crippen LogP contribution in [0.2, 0.25) is 0 Å². The number of anilines is 1. The quantitative estimate of drug-likeness (QED) is 0.860. The van der Waals surface area contributed by atoms with Gasteiger partial charge in [-0.3, -0.25) is 9.69 Å². The van der Waals surface area contributed by atoms with E-state index in [0.29, 0.717) is 10.4 Å². The van der Waals surface area contributed by atoms with E-state index in [2.05, 4.69) is 26.1 Å². The normalized spacial score (nSPS) is 10.7. The summed E-state index contributed by atoms with van der Waals surface area (Å²) in [4.78, 5) is 13.7. The Kier molecular flexibility index (Phi) is 4.17. The van der Waals surface area contributed by atoms with Gasteiger partial charge in [-0.1, -0.05) is 22.0 Å². The number of amides is 1. The van der Waals surface area contributed by atoms with Crippen molar-refractivity contribution in [1.82, 2.24) is 14.8 Å². The Morgan fingerprint density at radius 1 is 1.45 bits per heavy atom. The van der Waals surface area contributed by atoms with Crippen LogP contribution >= 0.6 is 15.9 Å². The van der Waals surface area contributed by atoms with Crippen LogP contribution < -0.4 is 4.90 Å². The van der Waals surface area contributed by atoms with Gasteiger partial charge in [-0.15, -0.1) is 10.2 Å². The van der Waals surface area contributed by atoms with Crippen molar-refractivity contribution in [3.63, 3.8) is 0 Å².